The Morgan fingerprint density at radius 2 is 1.55 bits per heavy atom. The van der Waals surface area contributed by atoms with Crippen LogP contribution in [0, 0.1) is 0 Å². The van der Waals surface area contributed by atoms with Gasteiger partial charge in [-0.2, -0.15) is 0 Å². The summed E-state index contributed by atoms with van der Waals surface area (Å²) in [5.41, 5.74) is 1.06. The van der Waals surface area contributed by atoms with Crippen molar-refractivity contribution in [2.75, 3.05) is 24.6 Å². The summed E-state index contributed by atoms with van der Waals surface area (Å²) < 4.78 is 40.0. The second-order valence-electron chi connectivity index (χ2n) is 10.7. The molecule has 0 aliphatic heterocycles. The average Bonchev–Trinajstić information content (AvgIpc) is 3.54. The van der Waals surface area contributed by atoms with Gasteiger partial charge in [-0.3, -0.25) is 13.9 Å². The van der Waals surface area contributed by atoms with Gasteiger partial charge in [-0.05, 0) is 92.4 Å². The van der Waals surface area contributed by atoms with E-state index in [2.05, 4.69) is 5.32 Å². The van der Waals surface area contributed by atoms with E-state index in [1.165, 1.54) is 29.2 Å². The minimum atomic E-state index is -4.21. The molecule has 0 spiro atoms. The number of nitrogens with zero attached hydrogens (tertiary/aromatic N) is 2. The number of sulfonamides is 1. The number of hydrogen-bond donors (Lipinski definition) is 1. The molecular formula is C33H40ClN3O6S. The molecule has 1 saturated carbocycles. The van der Waals surface area contributed by atoms with Gasteiger partial charge in [0.2, 0.25) is 11.8 Å². The van der Waals surface area contributed by atoms with Crippen LogP contribution in [0.2, 0.25) is 5.02 Å². The van der Waals surface area contributed by atoms with Crippen molar-refractivity contribution < 1.29 is 27.5 Å². The fourth-order valence-electron chi connectivity index (χ4n) is 5.35. The van der Waals surface area contributed by atoms with E-state index < -0.39 is 28.5 Å². The summed E-state index contributed by atoms with van der Waals surface area (Å²) in [6.45, 7) is 3.74. The predicted molar refractivity (Wildman–Crippen MR) is 172 cm³/mol. The van der Waals surface area contributed by atoms with Gasteiger partial charge in [0.15, 0.2) is 0 Å². The highest BCUT2D eigenvalue weighted by atomic mass is 35.5. The highest BCUT2D eigenvalue weighted by Gasteiger charge is 2.34. The van der Waals surface area contributed by atoms with Crippen LogP contribution in [0.25, 0.3) is 0 Å². The number of halogens is 1. The van der Waals surface area contributed by atoms with Crippen LogP contribution >= 0.6 is 11.6 Å². The highest BCUT2D eigenvalue weighted by Crippen LogP contribution is 2.28. The number of methoxy groups -OCH3 is 1. The second kappa shape index (κ2) is 15.3. The largest absolute Gasteiger partial charge is 0.497 e. The number of hydrogen-bond acceptors (Lipinski definition) is 6. The van der Waals surface area contributed by atoms with Crippen LogP contribution in [0.5, 0.6) is 11.5 Å². The van der Waals surface area contributed by atoms with Gasteiger partial charge in [-0.15, -0.1) is 0 Å². The van der Waals surface area contributed by atoms with E-state index in [0.29, 0.717) is 29.5 Å². The van der Waals surface area contributed by atoms with Crippen molar-refractivity contribution in [3.63, 3.8) is 0 Å². The van der Waals surface area contributed by atoms with Gasteiger partial charge in [0.05, 0.1) is 24.3 Å². The standard InChI is InChI=1S/C33H40ClN3O6S/c1-4-31(33(39)35-26-8-6-7-9-26)36(22-24-10-16-28(42-3)17-11-24)32(38)23-37(27-14-18-29(19-15-27)43-5-2)44(40,41)30-20-12-25(34)13-21-30/h10-21,26,31H,4-9,22-23H2,1-3H3,(H,35,39)/t31-/m1/s1. The molecular weight excluding hydrogens is 602 g/mol. The van der Waals surface area contributed by atoms with Gasteiger partial charge in [-0.1, -0.05) is 43.5 Å². The summed E-state index contributed by atoms with van der Waals surface area (Å²) in [5.74, 6) is 0.477. The molecule has 2 amide bonds. The lowest BCUT2D eigenvalue weighted by molar-refractivity contribution is -0.140. The molecule has 236 valence electrons. The Morgan fingerprint density at radius 1 is 0.932 bits per heavy atom. The third-order valence-electron chi connectivity index (χ3n) is 7.72. The lowest BCUT2D eigenvalue weighted by Crippen LogP contribution is -2.53. The number of ether oxygens (including phenoxy) is 2. The molecule has 1 aliphatic carbocycles. The lowest BCUT2D eigenvalue weighted by Gasteiger charge is -2.33. The fourth-order valence-corrected chi connectivity index (χ4v) is 6.89. The molecule has 11 heteroatoms. The Labute approximate surface area is 265 Å². The molecule has 0 saturated heterocycles. The predicted octanol–water partition coefficient (Wildman–Crippen LogP) is 5.81. The number of anilines is 1. The zero-order valence-electron chi connectivity index (χ0n) is 25.4. The van der Waals surface area contributed by atoms with E-state index in [9.17, 15) is 18.0 Å². The lowest BCUT2D eigenvalue weighted by atomic mass is 10.1. The van der Waals surface area contributed by atoms with Crippen LogP contribution in [0.15, 0.2) is 77.7 Å². The minimum Gasteiger partial charge on any atom is -0.497 e. The van der Waals surface area contributed by atoms with Crippen molar-refractivity contribution in [3.8, 4) is 11.5 Å². The number of rotatable bonds is 14. The Balaban J connectivity index is 1.71. The summed E-state index contributed by atoms with van der Waals surface area (Å²) in [6, 6.07) is 18.8. The Morgan fingerprint density at radius 3 is 2.11 bits per heavy atom. The SMILES string of the molecule is CCOc1ccc(N(CC(=O)N(Cc2ccc(OC)cc2)[C@H](CC)C(=O)NC2CCCC2)S(=O)(=O)c2ccc(Cl)cc2)cc1. The first kappa shape index (κ1) is 33.1. The van der Waals surface area contributed by atoms with E-state index in [-0.39, 0.29) is 29.1 Å². The maximum atomic E-state index is 14.3. The molecule has 0 unspecified atom stereocenters. The van der Waals surface area contributed by atoms with Crippen LogP contribution in [-0.4, -0.2) is 57.5 Å². The fraction of sp³-hybridized carbons (Fsp3) is 0.394. The van der Waals surface area contributed by atoms with Crippen molar-refractivity contribution in [1.82, 2.24) is 10.2 Å². The Kier molecular flexibility index (Phi) is 11.5. The zero-order valence-corrected chi connectivity index (χ0v) is 26.9. The summed E-state index contributed by atoms with van der Waals surface area (Å²) in [4.78, 5) is 29.3. The third kappa shape index (κ3) is 8.24. The molecule has 0 heterocycles. The summed E-state index contributed by atoms with van der Waals surface area (Å²) in [7, 11) is -2.64. The Bertz CT molecular complexity index is 1490. The van der Waals surface area contributed by atoms with E-state index in [1.54, 1.807) is 43.5 Å². The smallest absolute Gasteiger partial charge is 0.264 e. The Hall–Kier alpha value is -3.76. The van der Waals surface area contributed by atoms with Crippen molar-refractivity contribution in [3.05, 3.63) is 83.4 Å². The summed E-state index contributed by atoms with van der Waals surface area (Å²) >= 11 is 6.04. The summed E-state index contributed by atoms with van der Waals surface area (Å²) in [5, 5.41) is 3.51. The highest BCUT2D eigenvalue weighted by molar-refractivity contribution is 7.92. The van der Waals surface area contributed by atoms with Crippen molar-refractivity contribution in [2.45, 2.75) is 69.5 Å². The molecule has 44 heavy (non-hydrogen) atoms. The van der Waals surface area contributed by atoms with E-state index >= 15 is 0 Å². The number of amides is 2. The van der Waals surface area contributed by atoms with Gasteiger partial charge in [-0.25, -0.2) is 8.42 Å². The quantitative estimate of drug-likeness (QED) is 0.238. The molecule has 0 radical (unpaired) electrons. The molecule has 1 N–H and O–H groups in total. The molecule has 3 aromatic rings. The molecule has 3 aromatic carbocycles. The maximum absolute atomic E-state index is 14.3. The van der Waals surface area contributed by atoms with Crippen LogP contribution in [0.3, 0.4) is 0 Å². The maximum Gasteiger partial charge on any atom is 0.264 e. The number of carbonyl (C=O) groups is 2. The number of benzene rings is 3. The first-order chi connectivity index (χ1) is 21.2. The minimum absolute atomic E-state index is 0.0173. The normalized spacial score (nSPS) is 14.1. The molecule has 1 atom stereocenters. The van der Waals surface area contributed by atoms with Crippen molar-refractivity contribution in [1.29, 1.82) is 0 Å². The molecule has 0 bridgehead atoms. The van der Waals surface area contributed by atoms with Gasteiger partial charge in [0.25, 0.3) is 10.0 Å². The zero-order chi connectivity index (χ0) is 31.7. The van der Waals surface area contributed by atoms with Gasteiger partial charge < -0.3 is 19.7 Å². The van der Waals surface area contributed by atoms with Crippen LogP contribution in [0.1, 0.15) is 51.5 Å². The van der Waals surface area contributed by atoms with E-state index in [0.717, 1.165) is 35.6 Å². The molecule has 0 aromatic heterocycles. The number of nitrogens with one attached hydrogen (secondary N) is 1. The van der Waals surface area contributed by atoms with E-state index in [1.807, 2.05) is 26.0 Å². The summed E-state index contributed by atoms with van der Waals surface area (Å²) in [6.07, 6.45) is 4.26. The number of carbonyl (C=O) groups excluding carboxylic acids is 2. The van der Waals surface area contributed by atoms with Gasteiger partial charge in [0, 0.05) is 17.6 Å². The van der Waals surface area contributed by atoms with Crippen LogP contribution in [-0.2, 0) is 26.2 Å². The molecule has 9 nitrogen and oxygen atoms in total. The molecule has 4 rings (SSSR count). The first-order valence-corrected chi connectivity index (χ1v) is 16.7. The van der Waals surface area contributed by atoms with E-state index in [4.69, 9.17) is 21.1 Å². The van der Waals surface area contributed by atoms with Gasteiger partial charge in [0.1, 0.15) is 24.1 Å². The second-order valence-corrected chi connectivity index (χ2v) is 13.0. The molecule has 1 fully saturated rings. The van der Waals surface area contributed by atoms with Gasteiger partial charge >= 0.3 is 0 Å². The van der Waals surface area contributed by atoms with Crippen LogP contribution in [0.4, 0.5) is 5.69 Å². The first-order valence-electron chi connectivity index (χ1n) is 14.9. The molecule has 1 aliphatic rings. The van der Waals surface area contributed by atoms with Crippen molar-refractivity contribution in [2.24, 2.45) is 0 Å². The topological polar surface area (TPSA) is 105 Å². The third-order valence-corrected chi connectivity index (χ3v) is 9.76. The monoisotopic (exact) mass is 641 g/mol. The van der Waals surface area contributed by atoms with Crippen molar-refractivity contribution >= 4 is 39.1 Å². The van der Waals surface area contributed by atoms with Crippen LogP contribution < -0.4 is 19.1 Å². The average molecular weight is 642 g/mol.